The molecule has 0 saturated carbocycles. The van der Waals surface area contributed by atoms with Crippen molar-refractivity contribution in [3.63, 3.8) is 0 Å². The van der Waals surface area contributed by atoms with Crippen LogP contribution in [0.2, 0.25) is 0 Å². The molecule has 3 heterocycles. The predicted molar refractivity (Wildman–Crippen MR) is 111 cm³/mol. The zero-order chi connectivity index (χ0) is 19.1. The highest BCUT2D eigenvalue weighted by molar-refractivity contribution is 5.67. The molecule has 5 rings (SSSR count). The van der Waals surface area contributed by atoms with Crippen LogP contribution in [0.25, 0.3) is 16.9 Å². The second-order valence-electron chi connectivity index (χ2n) is 7.55. The molecule has 1 aliphatic rings. The summed E-state index contributed by atoms with van der Waals surface area (Å²) in [7, 11) is 0. The first-order chi connectivity index (χ1) is 13.7. The minimum atomic E-state index is 0.488. The third-order valence-electron chi connectivity index (χ3n) is 5.39. The van der Waals surface area contributed by atoms with E-state index in [1.54, 1.807) is 0 Å². The number of nitrogens with zero attached hydrogens (tertiary/aromatic N) is 3. The second kappa shape index (κ2) is 6.89. The summed E-state index contributed by atoms with van der Waals surface area (Å²) >= 11 is 0. The van der Waals surface area contributed by atoms with Gasteiger partial charge in [-0.2, -0.15) is 5.06 Å². The molecule has 2 aromatic heterocycles. The second-order valence-corrected chi connectivity index (χ2v) is 7.55. The van der Waals surface area contributed by atoms with Crippen LogP contribution in [-0.4, -0.2) is 14.4 Å². The number of pyridine rings is 1. The van der Waals surface area contributed by atoms with Crippen molar-refractivity contribution < 1.29 is 4.84 Å². The van der Waals surface area contributed by atoms with Gasteiger partial charge in [-0.25, -0.2) is 4.98 Å². The molecule has 1 aliphatic heterocycles. The molecule has 0 fully saturated rings. The maximum absolute atomic E-state index is 6.24. The van der Waals surface area contributed by atoms with E-state index in [0.717, 1.165) is 35.7 Å². The fraction of sp³-hybridized carbons (Fsp3) is 0.208. The molecular weight excluding hydrogens is 346 g/mol. The largest absolute Gasteiger partial charge is 0.301 e. The first kappa shape index (κ1) is 17.2. The highest BCUT2D eigenvalue weighted by Gasteiger charge is 2.21. The van der Waals surface area contributed by atoms with Crippen molar-refractivity contribution in [2.75, 3.05) is 0 Å². The van der Waals surface area contributed by atoms with Crippen molar-refractivity contribution >= 4 is 5.65 Å². The lowest BCUT2D eigenvalue weighted by atomic mass is 10.1. The summed E-state index contributed by atoms with van der Waals surface area (Å²) in [5.41, 5.74) is 9.28. The molecule has 0 N–H and O–H groups in total. The van der Waals surface area contributed by atoms with Crippen LogP contribution in [-0.2, 0) is 24.5 Å². The van der Waals surface area contributed by atoms with Gasteiger partial charge >= 0.3 is 0 Å². The van der Waals surface area contributed by atoms with Crippen LogP contribution in [0.3, 0.4) is 0 Å². The number of hydroxylamine groups is 2. The topological polar surface area (TPSA) is 29.8 Å². The standard InChI is InChI=1S/C24H23N3O/c1-17-7-10-19(11-8-17)24-22(27-13-18(2)9-12-23(27)25-24)16-28-26-14-20-5-3-4-6-21(20)15-26/h3-13H,14-16H2,1-2H3. The fourth-order valence-corrected chi connectivity index (χ4v) is 3.83. The van der Waals surface area contributed by atoms with Gasteiger partial charge in [0.1, 0.15) is 12.3 Å². The van der Waals surface area contributed by atoms with E-state index in [-0.39, 0.29) is 0 Å². The Labute approximate surface area is 165 Å². The molecule has 4 nitrogen and oxygen atoms in total. The Morgan fingerprint density at radius 1 is 0.857 bits per heavy atom. The lowest BCUT2D eigenvalue weighted by Crippen LogP contribution is -2.17. The van der Waals surface area contributed by atoms with E-state index in [1.807, 2.05) is 5.06 Å². The highest BCUT2D eigenvalue weighted by atomic mass is 16.7. The van der Waals surface area contributed by atoms with Gasteiger partial charge in [0.15, 0.2) is 0 Å². The molecule has 4 aromatic rings. The van der Waals surface area contributed by atoms with Crippen molar-refractivity contribution in [1.29, 1.82) is 0 Å². The molecule has 0 aliphatic carbocycles. The monoisotopic (exact) mass is 369 g/mol. The van der Waals surface area contributed by atoms with Gasteiger partial charge in [0.2, 0.25) is 0 Å². The van der Waals surface area contributed by atoms with Crippen LogP contribution in [0.5, 0.6) is 0 Å². The van der Waals surface area contributed by atoms with Crippen LogP contribution in [0.4, 0.5) is 0 Å². The number of rotatable bonds is 4. The SMILES string of the molecule is Cc1ccc(-c2nc3ccc(C)cn3c2CON2Cc3ccccc3C2)cc1. The smallest absolute Gasteiger partial charge is 0.137 e. The Morgan fingerprint density at radius 3 is 2.25 bits per heavy atom. The Morgan fingerprint density at radius 2 is 1.54 bits per heavy atom. The molecule has 4 heteroatoms. The first-order valence-corrected chi connectivity index (χ1v) is 9.67. The van der Waals surface area contributed by atoms with Gasteiger partial charge in [-0.3, -0.25) is 4.84 Å². The third kappa shape index (κ3) is 3.11. The van der Waals surface area contributed by atoms with E-state index in [2.05, 4.69) is 85.1 Å². The van der Waals surface area contributed by atoms with Gasteiger partial charge in [-0.15, -0.1) is 0 Å². The number of hydrogen-bond donors (Lipinski definition) is 0. The summed E-state index contributed by atoms with van der Waals surface area (Å²) in [5.74, 6) is 0. The summed E-state index contributed by atoms with van der Waals surface area (Å²) in [5, 5.41) is 2.04. The molecule has 0 atom stereocenters. The van der Waals surface area contributed by atoms with E-state index >= 15 is 0 Å². The molecular formula is C24H23N3O. The Kier molecular flexibility index (Phi) is 4.23. The van der Waals surface area contributed by atoms with Crippen LogP contribution < -0.4 is 0 Å². The molecule has 0 saturated heterocycles. The molecule has 140 valence electrons. The van der Waals surface area contributed by atoms with Crippen LogP contribution in [0, 0.1) is 13.8 Å². The normalized spacial score (nSPS) is 13.9. The fourth-order valence-electron chi connectivity index (χ4n) is 3.83. The summed E-state index contributed by atoms with van der Waals surface area (Å²) in [6.45, 7) is 6.35. The number of benzene rings is 2. The van der Waals surface area contributed by atoms with Gasteiger partial charge in [0.25, 0.3) is 0 Å². The molecule has 0 spiro atoms. The minimum Gasteiger partial charge on any atom is -0.301 e. The van der Waals surface area contributed by atoms with Crippen LogP contribution in [0.15, 0.2) is 66.9 Å². The minimum absolute atomic E-state index is 0.488. The van der Waals surface area contributed by atoms with Gasteiger partial charge < -0.3 is 4.40 Å². The Hall–Kier alpha value is -2.95. The number of imidazole rings is 1. The maximum Gasteiger partial charge on any atom is 0.137 e. The number of fused-ring (bicyclic) bond motifs is 2. The average molecular weight is 369 g/mol. The quantitative estimate of drug-likeness (QED) is 0.503. The summed E-state index contributed by atoms with van der Waals surface area (Å²) < 4.78 is 2.16. The molecule has 0 amide bonds. The molecule has 0 radical (unpaired) electrons. The summed E-state index contributed by atoms with van der Waals surface area (Å²) in [6, 6.07) is 21.2. The zero-order valence-corrected chi connectivity index (χ0v) is 16.2. The number of aryl methyl sites for hydroxylation is 2. The maximum atomic E-state index is 6.24. The van der Waals surface area contributed by atoms with Gasteiger partial charge in [-0.05, 0) is 36.6 Å². The molecule has 0 unspecified atom stereocenters. The van der Waals surface area contributed by atoms with Crippen molar-refractivity contribution in [3.8, 4) is 11.3 Å². The van der Waals surface area contributed by atoms with Crippen molar-refractivity contribution in [3.05, 3.63) is 94.8 Å². The van der Waals surface area contributed by atoms with Crippen molar-refractivity contribution in [2.45, 2.75) is 33.5 Å². The molecule has 2 aromatic carbocycles. The predicted octanol–water partition coefficient (Wildman–Crippen LogP) is 5.07. The van der Waals surface area contributed by atoms with E-state index < -0.39 is 0 Å². The van der Waals surface area contributed by atoms with E-state index in [9.17, 15) is 0 Å². The van der Waals surface area contributed by atoms with E-state index in [0.29, 0.717) is 6.61 Å². The van der Waals surface area contributed by atoms with Gasteiger partial charge in [-0.1, -0.05) is 60.2 Å². The van der Waals surface area contributed by atoms with Crippen LogP contribution in [0.1, 0.15) is 27.9 Å². The molecule has 28 heavy (non-hydrogen) atoms. The lowest BCUT2D eigenvalue weighted by Gasteiger charge is -2.15. The lowest BCUT2D eigenvalue weighted by molar-refractivity contribution is -0.177. The van der Waals surface area contributed by atoms with E-state index in [4.69, 9.17) is 9.82 Å². The van der Waals surface area contributed by atoms with Crippen molar-refractivity contribution in [2.24, 2.45) is 0 Å². The van der Waals surface area contributed by atoms with E-state index in [1.165, 1.54) is 22.3 Å². The van der Waals surface area contributed by atoms with Crippen molar-refractivity contribution in [1.82, 2.24) is 14.4 Å². The van der Waals surface area contributed by atoms with Crippen LogP contribution >= 0.6 is 0 Å². The van der Waals surface area contributed by atoms with Gasteiger partial charge in [0, 0.05) is 24.8 Å². The summed E-state index contributed by atoms with van der Waals surface area (Å²) in [4.78, 5) is 11.1. The Balaban J connectivity index is 1.48. The zero-order valence-electron chi connectivity index (χ0n) is 16.2. The third-order valence-corrected chi connectivity index (χ3v) is 5.39. The Bertz CT molecular complexity index is 1120. The summed E-state index contributed by atoms with van der Waals surface area (Å²) in [6.07, 6.45) is 2.14. The number of hydrogen-bond acceptors (Lipinski definition) is 3. The van der Waals surface area contributed by atoms with Gasteiger partial charge in [0.05, 0.1) is 11.4 Å². The molecule has 0 bridgehead atoms. The number of aromatic nitrogens is 2. The average Bonchev–Trinajstić information content (AvgIpc) is 3.27. The first-order valence-electron chi connectivity index (χ1n) is 9.67. The highest BCUT2D eigenvalue weighted by Crippen LogP contribution is 2.28.